The van der Waals surface area contributed by atoms with E-state index >= 15 is 0 Å². The second-order valence-electron chi connectivity index (χ2n) is 6.15. The molecular formula is C17H16Cl2F3NO7. The maximum Gasteiger partial charge on any atom is 0.508 e. The predicted molar refractivity (Wildman–Crippen MR) is 99.0 cm³/mol. The van der Waals surface area contributed by atoms with E-state index in [9.17, 15) is 28.1 Å². The minimum atomic E-state index is -4.97. The highest BCUT2D eigenvalue weighted by Crippen LogP contribution is 2.47. The largest absolute Gasteiger partial charge is 0.508 e. The quantitative estimate of drug-likeness (QED) is 0.220. The van der Waals surface area contributed by atoms with Crippen LogP contribution in [0.2, 0.25) is 10.0 Å². The molecule has 13 heteroatoms. The highest BCUT2D eigenvalue weighted by molar-refractivity contribution is 6.36. The second-order valence-corrected chi connectivity index (χ2v) is 7.00. The van der Waals surface area contributed by atoms with Crippen LogP contribution in [0, 0.1) is 10.1 Å². The number of alkyl halides is 3. The number of ether oxygens (including phenoxy) is 3. The predicted octanol–water partition coefficient (Wildman–Crippen LogP) is 5.23. The third-order valence-electron chi connectivity index (χ3n) is 4.09. The molecule has 0 saturated heterocycles. The van der Waals surface area contributed by atoms with Crippen LogP contribution in [0.1, 0.15) is 25.3 Å². The second kappa shape index (κ2) is 9.61. The fraction of sp³-hybridized carbons (Fsp3) is 0.471. The monoisotopic (exact) mass is 473 g/mol. The Balaban J connectivity index is 2.04. The fourth-order valence-corrected chi connectivity index (χ4v) is 3.14. The molecule has 0 aliphatic carbocycles. The van der Waals surface area contributed by atoms with Gasteiger partial charge in [-0.25, -0.2) is 4.79 Å². The third-order valence-corrected chi connectivity index (χ3v) is 4.59. The van der Waals surface area contributed by atoms with E-state index in [1.165, 1.54) is 12.1 Å². The van der Waals surface area contributed by atoms with E-state index in [1.807, 2.05) is 0 Å². The van der Waals surface area contributed by atoms with Crippen LogP contribution in [-0.2, 0) is 14.3 Å². The first-order valence-corrected chi connectivity index (χ1v) is 9.26. The van der Waals surface area contributed by atoms with Crippen LogP contribution in [0.15, 0.2) is 18.2 Å². The summed E-state index contributed by atoms with van der Waals surface area (Å²) >= 11 is 11.8. The van der Waals surface area contributed by atoms with E-state index < -0.39 is 29.1 Å². The number of fused-ring (bicyclic) bond motifs is 1. The number of carbonyl (C=O) groups excluding carboxylic acids is 1. The number of nitrogens with zero attached hydrogens (tertiary/aromatic N) is 1. The first kappa shape index (κ1) is 23.9. The van der Waals surface area contributed by atoms with Gasteiger partial charge in [0.15, 0.2) is 6.10 Å². The maximum atomic E-state index is 13.9. The van der Waals surface area contributed by atoms with Gasteiger partial charge >= 0.3 is 12.3 Å². The van der Waals surface area contributed by atoms with Gasteiger partial charge in [-0.15, -0.1) is 10.1 Å². The van der Waals surface area contributed by atoms with Gasteiger partial charge in [0.25, 0.3) is 10.7 Å². The van der Waals surface area contributed by atoms with Crippen molar-refractivity contribution >= 4 is 35.4 Å². The van der Waals surface area contributed by atoms with Gasteiger partial charge in [-0.3, -0.25) is 0 Å². The molecule has 0 bridgehead atoms. The van der Waals surface area contributed by atoms with Crippen molar-refractivity contribution < 1.29 is 42.1 Å². The molecule has 8 nitrogen and oxygen atoms in total. The summed E-state index contributed by atoms with van der Waals surface area (Å²) in [6.45, 7) is 0.566. The Morgan fingerprint density at radius 2 is 1.97 bits per heavy atom. The molecule has 1 aromatic carbocycles. The van der Waals surface area contributed by atoms with Gasteiger partial charge in [-0.05, 0) is 38.0 Å². The van der Waals surface area contributed by atoms with Crippen LogP contribution < -0.4 is 4.74 Å². The number of hydrogen-bond acceptors (Lipinski definition) is 7. The molecule has 1 heterocycles. The zero-order valence-electron chi connectivity index (χ0n) is 15.4. The Morgan fingerprint density at radius 3 is 2.60 bits per heavy atom. The highest BCUT2D eigenvalue weighted by atomic mass is 35.5. The molecule has 1 aromatic rings. The van der Waals surface area contributed by atoms with E-state index in [0.29, 0.717) is 0 Å². The van der Waals surface area contributed by atoms with Crippen molar-refractivity contribution in [1.29, 1.82) is 0 Å². The zero-order chi connectivity index (χ0) is 22.5. The molecule has 1 aliphatic rings. The average Bonchev–Trinajstić information content (AvgIpc) is 2.63. The van der Waals surface area contributed by atoms with E-state index in [1.54, 1.807) is 0 Å². The summed E-state index contributed by atoms with van der Waals surface area (Å²) < 4.78 is 56.4. The number of hydrogen-bond donors (Lipinski definition) is 0. The Labute approximate surface area is 178 Å². The summed E-state index contributed by atoms with van der Waals surface area (Å²) in [5.74, 6) is -0.254. The summed E-state index contributed by atoms with van der Waals surface area (Å²) in [4.78, 5) is 25.9. The van der Waals surface area contributed by atoms with E-state index in [0.717, 1.165) is 19.1 Å². The fourth-order valence-electron chi connectivity index (χ4n) is 2.59. The van der Waals surface area contributed by atoms with Crippen molar-refractivity contribution in [2.24, 2.45) is 0 Å². The van der Waals surface area contributed by atoms with Crippen molar-refractivity contribution in [2.75, 3.05) is 13.2 Å². The minimum absolute atomic E-state index is 0.137. The molecular weight excluding hydrogens is 458 g/mol. The highest BCUT2D eigenvalue weighted by Gasteiger charge is 2.62. The standard InChI is InChI=1S/C17H16Cl2F3NO7/c1-10(29-15(24)27-6-2-3-7-28-23(25)26)16(17(20,21)22)5-4-11-8-12(18)9-13(19)14(11)30-16/h4-5,8-10H,2-3,6-7H2,1H3/t10?,16-/m0/s1. The lowest BCUT2D eigenvalue weighted by Gasteiger charge is -2.39. The van der Waals surface area contributed by atoms with Crippen LogP contribution in [-0.4, -0.2) is 42.3 Å². The number of benzene rings is 1. The van der Waals surface area contributed by atoms with Gasteiger partial charge in [0.05, 0.1) is 18.2 Å². The van der Waals surface area contributed by atoms with Crippen molar-refractivity contribution in [3.05, 3.63) is 43.9 Å². The lowest BCUT2D eigenvalue weighted by atomic mass is 9.92. The van der Waals surface area contributed by atoms with Gasteiger partial charge in [0, 0.05) is 10.6 Å². The molecule has 0 radical (unpaired) electrons. The number of unbranched alkanes of at least 4 members (excludes halogenated alkanes) is 1. The summed E-state index contributed by atoms with van der Waals surface area (Å²) in [5, 5.41) is 9.10. The first-order valence-electron chi connectivity index (χ1n) is 8.51. The average molecular weight is 474 g/mol. The Morgan fingerprint density at radius 1 is 1.30 bits per heavy atom. The van der Waals surface area contributed by atoms with Gasteiger partial charge < -0.3 is 19.0 Å². The normalized spacial score (nSPS) is 18.7. The minimum Gasteiger partial charge on any atom is -0.467 e. The van der Waals surface area contributed by atoms with Gasteiger partial charge in [0.1, 0.15) is 5.75 Å². The summed E-state index contributed by atoms with van der Waals surface area (Å²) in [7, 11) is 0. The molecule has 2 atom stereocenters. The zero-order valence-corrected chi connectivity index (χ0v) is 16.9. The molecule has 1 aliphatic heterocycles. The molecule has 30 heavy (non-hydrogen) atoms. The van der Waals surface area contributed by atoms with Gasteiger partial charge in [-0.2, -0.15) is 13.2 Å². The molecule has 0 amide bonds. The van der Waals surface area contributed by atoms with E-state index in [4.69, 9.17) is 37.4 Å². The number of carbonyl (C=O) groups is 1. The maximum absolute atomic E-state index is 13.9. The van der Waals surface area contributed by atoms with Crippen LogP contribution in [0.25, 0.3) is 6.08 Å². The molecule has 166 valence electrons. The van der Waals surface area contributed by atoms with Crippen molar-refractivity contribution in [3.63, 3.8) is 0 Å². The van der Waals surface area contributed by atoms with E-state index in [2.05, 4.69) is 4.84 Å². The summed E-state index contributed by atoms with van der Waals surface area (Å²) in [6.07, 6.45) is -5.93. The molecule has 0 spiro atoms. The van der Waals surface area contributed by atoms with Crippen LogP contribution in [0.5, 0.6) is 5.75 Å². The SMILES string of the molecule is CC(OC(=O)OCCCCO[N+](=O)[O-])[C@]1(C(F)(F)F)C=Cc2cc(Cl)cc(Cl)c2O1. The van der Waals surface area contributed by atoms with Crippen LogP contribution >= 0.6 is 23.2 Å². The number of rotatable bonds is 8. The molecule has 2 rings (SSSR count). The molecule has 0 aromatic heterocycles. The van der Waals surface area contributed by atoms with E-state index in [-0.39, 0.29) is 47.4 Å². The van der Waals surface area contributed by atoms with Crippen molar-refractivity contribution in [2.45, 2.75) is 37.6 Å². The van der Waals surface area contributed by atoms with Crippen molar-refractivity contribution in [3.8, 4) is 5.75 Å². The molecule has 0 fully saturated rings. The first-order chi connectivity index (χ1) is 14.0. The summed E-state index contributed by atoms with van der Waals surface area (Å²) in [6, 6.07) is 2.60. The third kappa shape index (κ3) is 5.60. The Bertz CT molecular complexity index is 834. The lowest BCUT2D eigenvalue weighted by molar-refractivity contribution is -0.757. The van der Waals surface area contributed by atoms with Crippen LogP contribution in [0.4, 0.5) is 18.0 Å². The Hall–Kier alpha value is -2.40. The smallest absolute Gasteiger partial charge is 0.467 e. The Kier molecular flexibility index (Phi) is 7.64. The topological polar surface area (TPSA) is 97.1 Å². The van der Waals surface area contributed by atoms with Crippen LogP contribution in [0.3, 0.4) is 0 Å². The molecule has 0 N–H and O–H groups in total. The van der Waals surface area contributed by atoms with Crippen molar-refractivity contribution in [1.82, 2.24) is 0 Å². The lowest BCUT2D eigenvalue weighted by Crippen LogP contribution is -2.58. The summed E-state index contributed by atoms with van der Waals surface area (Å²) in [5.41, 5.74) is -2.77. The van der Waals surface area contributed by atoms with Gasteiger partial charge in [-0.1, -0.05) is 29.3 Å². The van der Waals surface area contributed by atoms with Gasteiger partial charge in [0.2, 0.25) is 0 Å². The molecule has 0 saturated carbocycles. The number of halogens is 5. The molecule has 1 unspecified atom stereocenters.